The van der Waals surface area contributed by atoms with E-state index in [4.69, 9.17) is 27.9 Å². The number of aromatic nitrogens is 4. The number of hydrogen-bond acceptors (Lipinski definition) is 5. The normalized spacial score (nSPS) is 10.5. The van der Waals surface area contributed by atoms with Gasteiger partial charge >= 0.3 is 0 Å². The Bertz CT molecular complexity index is 820. The SMILES string of the molecule is O=C(Cn1cncn1)c1ccc(Oc2ccc(Cl)cc2)nc1Cl. The number of Topliss-reactive ketones (excluding diaryl/α,β-unsaturated/α-hetero) is 1. The average molecular weight is 349 g/mol. The molecule has 0 saturated heterocycles. The van der Waals surface area contributed by atoms with E-state index in [0.29, 0.717) is 16.3 Å². The van der Waals surface area contributed by atoms with Gasteiger partial charge in [-0.3, -0.25) is 4.79 Å². The monoisotopic (exact) mass is 348 g/mol. The Morgan fingerprint density at radius 2 is 1.91 bits per heavy atom. The molecule has 0 saturated carbocycles. The molecule has 8 heteroatoms. The zero-order chi connectivity index (χ0) is 16.2. The molecule has 0 aliphatic carbocycles. The Morgan fingerprint density at radius 3 is 2.57 bits per heavy atom. The summed E-state index contributed by atoms with van der Waals surface area (Å²) in [5.74, 6) is 0.639. The predicted octanol–water partition coefficient (Wildman–Crippen LogP) is 3.66. The quantitative estimate of drug-likeness (QED) is 0.519. The lowest BCUT2D eigenvalue weighted by Crippen LogP contribution is -2.12. The largest absolute Gasteiger partial charge is 0.439 e. The van der Waals surface area contributed by atoms with Crippen molar-refractivity contribution in [3.05, 3.63) is 64.8 Å². The number of carbonyl (C=O) groups is 1. The van der Waals surface area contributed by atoms with Crippen LogP contribution in [0.25, 0.3) is 0 Å². The molecule has 0 bridgehead atoms. The maximum absolute atomic E-state index is 12.2. The first-order valence-electron chi connectivity index (χ1n) is 6.57. The summed E-state index contributed by atoms with van der Waals surface area (Å²) in [4.78, 5) is 20.0. The average Bonchev–Trinajstić information content (AvgIpc) is 3.02. The smallest absolute Gasteiger partial charge is 0.220 e. The highest BCUT2D eigenvalue weighted by molar-refractivity contribution is 6.32. The minimum absolute atomic E-state index is 0.0405. The molecule has 0 aliphatic rings. The van der Waals surface area contributed by atoms with E-state index in [1.807, 2.05) is 0 Å². The van der Waals surface area contributed by atoms with Gasteiger partial charge in [-0.2, -0.15) is 5.10 Å². The number of nitrogens with zero attached hydrogens (tertiary/aromatic N) is 4. The number of benzene rings is 1. The Kier molecular flexibility index (Phi) is 4.55. The van der Waals surface area contributed by atoms with E-state index in [-0.39, 0.29) is 23.4 Å². The molecular weight excluding hydrogens is 339 g/mol. The molecule has 6 nitrogen and oxygen atoms in total. The van der Waals surface area contributed by atoms with Crippen LogP contribution in [-0.2, 0) is 6.54 Å². The zero-order valence-corrected chi connectivity index (χ0v) is 13.2. The van der Waals surface area contributed by atoms with Gasteiger partial charge in [0.2, 0.25) is 5.88 Å². The van der Waals surface area contributed by atoms with Gasteiger partial charge in [0, 0.05) is 11.1 Å². The van der Waals surface area contributed by atoms with E-state index in [1.54, 1.807) is 36.4 Å². The van der Waals surface area contributed by atoms with Crippen molar-refractivity contribution >= 4 is 29.0 Å². The minimum atomic E-state index is -0.217. The maximum atomic E-state index is 12.2. The number of halogens is 2. The molecule has 0 aliphatic heterocycles. The third-order valence-electron chi connectivity index (χ3n) is 2.93. The van der Waals surface area contributed by atoms with Crippen LogP contribution in [0.4, 0.5) is 0 Å². The number of hydrogen-bond donors (Lipinski definition) is 0. The Labute approximate surface area is 141 Å². The topological polar surface area (TPSA) is 69.9 Å². The summed E-state index contributed by atoms with van der Waals surface area (Å²) in [5, 5.41) is 4.56. The van der Waals surface area contributed by atoms with Gasteiger partial charge < -0.3 is 4.74 Å². The molecule has 23 heavy (non-hydrogen) atoms. The van der Waals surface area contributed by atoms with E-state index >= 15 is 0 Å². The summed E-state index contributed by atoms with van der Waals surface area (Å²) in [7, 11) is 0. The lowest BCUT2D eigenvalue weighted by Gasteiger charge is -2.07. The molecule has 0 atom stereocenters. The summed E-state index contributed by atoms with van der Waals surface area (Å²) in [6.45, 7) is 0.0405. The van der Waals surface area contributed by atoms with Gasteiger partial charge in [0.25, 0.3) is 0 Å². The molecule has 3 aromatic rings. The highest BCUT2D eigenvalue weighted by Gasteiger charge is 2.14. The number of ether oxygens (including phenoxy) is 1. The summed E-state index contributed by atoms with van der Waals surface area (Å²) >= 11 is 11.9. The summed E-state index contributed by atoms with van der Waals surface area (Å²) in [6.07, 6.45) is 2.81. The van der Waals surface area contributed by atoms with Crippen molar-refractivity contribution in [2.24, 2.45) is 0 Å². The van der Waals surface area contributed by atoms with E-state index in [0.717, 1.165) is 0 Å². The minimum Gasteiger partial charge on any atom is -0.439 e. The molecule has 1 aromatic carbocycles. The van der Waals surface area contributed by atoms with Crippen LogP contribution in [0, 0.1) is 0 Å². The molecule has 0 N–H and O–H groups in total. The van der Waals surface area contributed by atoms with Crippen molar-refractivity contribution in [2.45, 2.75) is 6.54 Å². The highest BCUT2D eigenvalue weighted by Crippen LogP contribution is 2.24. The van der Waals surface area contributed by atoms with Crippen molar-refractivity contribution < 1.29 is 9.53 Å². The van der Waals surface area contributed by atoms with Crippen LogP contribution >= 0.6 is 23.2 Å². The number of carbonyl (C=O) groups excluding carboxylic acids is 1. The second-order valence-electron chi connectivity index (χ2n) is 4.56. The van der Waals surface area contributed by atoms with Crippen molar-refractivity contribution in [1.82, 2.24) is 19.7 Å². The summed E-state index contributed by atoms with van der Waals surface area (Å²) < 4.78 is 6.98. The summed E-state index contributed by atoms with van der Waals surface area (Å²) in [6, 6.07) is 9.97. The maximum Gasteiger partial charge on any atom is 0.220 e. The molecule has 2 heterocycles. The fourth-order valence-corrected chi connectivity index (χ4v) is 2.23. The van der Waals surface area contributed by atoms with Gasteiger partial charge in [0.1, 0.15) is 30.1 Å². The third kappa shape index (κ3) is 3.85. The molecule has 116 valence electrons. The van der Waals surface area contributed by atoms with E-state index in [1.165, 1.54) is 17.3 Å². The van der Waals surface area contributed by atoms with Crippen LogP contribution in [0.15, 0.2) is 49.1 Å². The third-order valence-corrected chi connectivity index (χ3v) is 3.47. The van der Waals surface area contributed by atoms with Crippen LogP contribution in [0.3, 0.4) is 0 Å². The van der Waals surface area contributed by atoms with Crippen molar-refractivity contribution in [1.29, 1.82) is 0 Å². The summed E-state index contributed by atoms with van der Waals surface area (Å²) in [5.41, 5.74) is 0.297. The number of pyridine rings is 1. The first kappa shape index (κ1) is 15.5. The Hall–Kier alpha value is -2.44. The fraction of sp³-hybridized carbons (Fsp3) is 0.0667. The molecule has 3 rings (SSSR count). The van der Waals surface area contributed by atoms with Gasteiger partial charge in [-0.1, -0.05) is 23.2 Å². The van der Waals surface area contributed by atoms with Crippen molar-refractivity contribution in [2.75, 3.05) is 0 Å². The number of rotatable bonds is 5. The lowest BCUT2D eigenvalue weighted by molar-refractivity contribution is 0.0967. The van der Waals surface area contributed by atoms with E-state index in [2.05, 4.69) is 15.1 Å². The highest BCUT2D eigenvalue weighted by atomic mass is 35.5. The zero-order valence-electron chi connectivity index (χ0n) is 11.7. The first-order valence-corrected chi connectivity index (χ1v) is 7.33. The van der Waals surface area contributed by atoms with Gasteiger partial charge in [0.05, 0.1) is 5.56 Å². The van der Waals surface area contributed by atoms with Crippen LogP contribution in [0.2, 0.25) is 10.2 Å². The van der Waals surface area contributed by atoms with Gasteiger partial charge in [0.15, 0.2) is 5.78 Å². The van der Waals surface area contributed by atoms with Gasteiger partial charge in [-0.25, -0.2) is 14.6 Å². The second kappa shape index (κ2) is 6.76. The lowest BCUT2D eigenvalue weighted by atomic mass is 10.2. The molecule has 0 spiro atoms. The molecular formula is C15H10Cl2N4O2. The van der Waals surface area contributed by atoms with Gasteiger partial charge in [-0.15, -0.1) is 0 Å². The number of ketones is 1. The molecule has 0 unspecified atom stereocenters. The van der Waals surface area contributed by atoms with Crippen molar-refractivity contribution in [3.8, 4) is 11.6 Å². The van der Waals surface area contributed by atoms with Crippen LogP contribution in [0.1, 0.15) is 10.4 Å². The van der Waals surface area contributed by atoms with E-state index in [9.17, 15) is 4.79 Å². The molecule has 2 aromatic heterocycles. The second-order valence-corrected chi connectivity index (χ2v) is 5.35. The van der Waals surface area contributed by atoms with Crippen LogP contribution in [-0.4, -0.2) is 25.5 Å². The Morgan fingerprint density at radius 1 is 1.13 bits per heavy atom. The fourth-order valence-electron chi connectivity index (χ4n) is 1.85. The first-order chi connectivity index (χ1) is 11.1. The standard InChI is InChI=1S/C15H10Cl2N4O2/c16-10-1-3-11(4-2-10)23-14-6-5-12(15(17)20-14)13(22)7-21-9-18-8-19-21/h1-6,8-9H,7H2. The Balaban J connectivity index is 1.75. The van der Waals surface area contributed by atoms with E-state index < -0.39 is 0 Å². The predicted molar refractivity (Wildman–Crippen MR) is 85.1 cm³/mol. The molecule has 0 fully saturated rings. The molecule has 0 radical (unpaired) electrons. The van der Waals surface area contributed by atoms with Gasteiger partial charge in [-0.05, 0) is 30.3 Å². The van der Waals surface area contributed by atoms with Crippen LogP contribution < -0.4 is 4.74 Å². The van der Waals surface area contributed by atoms with Crippen LogP contribution in [0.5, 0.6) is 11.6 Å². The van der Waals surface area contributed by atoms with Crippen molar-refractivity contribution in [3.63, 3.8) is 0 Å². The molecule has 0 amide bonds.